The summed E-state index contributed by atoms with van der Waals surface area (Å²) >= 11 is 3.65. The molecule has 1 aromatic carbocycles. The topological polar surface area (TPSA) is 38.5 Å². The van der Waals surface area contributed by atoms with Crippen molar-refractivity contribution < 1.29 is 4.74 Å². The van der Waals surface area contributed by atoms with Gasteiger partial charge in [-0.25, -0.2) is 0 Å². The number of hydrogen-bond donors (Lipinski definition) is 1. The van der Waals surface area contributed by atoms with Gasteiger partial charge in [0.1, 0.15) is 0 Å². The molecule has 1 aromatic rings. The third-order valence-corrected chi connectivity index (χ3v) is 4.33. The van der Waals surface area contributed by atoms with Gasteiger partial charge in [0.15, 0.2) is 0 Å². The van der Waals surface area contributed by atoms with E-state index in [-0.39, 0.29) is 6.04 Å². The number of benzene rings is 1. The number of halogens is 1. The van der Waals surface area contributed by atoms with Gasteiger partial charge in [0.2, 0.25) is 0 Å². The molecule has 0 saturated carbocycles. The lowest BCUT2D eigenvalue weighted by Gasteiger charge is -2.29. The summed E-state index contributed by atoms with van der Waals surface area (Å²) in [6.07, 6.45) is 2.45. The van der Waals surface area contributed by atoms with Crippen molar-refractivity contribution in [3.05, 3.63) is 28.2 Å². The maximum absolute atomic E-state index is 5.91. The third-order valence-electron chi connectivity index (χ3n) is 3.70. The number of nitrogens with two attached hydrogens (primary N) is 1. The quantitative estimate of drug-likeness (QED) is 0.922. The van der Waals surface area contributed by atoms with E-state index in [1.807, 2.05) is 6.92 Å². The SMILES string of the molecule is C[C@@H](N)c1ccc(N(C)CC2CCCOC2)c(Br)c1. The van der Waals surface area contributed by atoms with Crippen molar-refractivity contribution in [3.63, 3.8) is 0 Å². The zero-order valence-corrected chi connectivity index (χ0v) is 13.3. The van der Waals surface area contributed by atoms with Crippen LogP contribution in [0.2, 0.25) is 0 Å². The van der Waals surface area contributed by atoms with Gasteiger partial charge in [-0.05, 0) is 59.3 Å². The van der Waals surface area contributed by atoms with E-state index < -0.39 is 0 Å². The molecule has 2 N–H and O–H groups in total. The Morgan fingerprint density at radius 1 is 1.53 bits per heavy atom. The molecule has 2 rings (SSSR count). The molecule has 2 atom stereocenters. The normalized spacial score (nSPS) is 21.2. The van der Waals surface area contributed by atoms with Gasteiger partial charge in [-0.2, -0.15) is 0 Å². The average Bonchev–Trinajstić information content (AvgIpc) is 2.39. The third kappa shape index (κ3) is 3.94. The first-order chi connectivity index (χ1) is 9.08. The molecule has 106 valence electrons. The number of rotatable bonds is 4. The van der Waals surface area contributed by atoms with Gasteiger partial charge in [0.05, 0.1) is 12.3 Å². The van der Waals surface area contributed by atoms with Crippen molar-refractivity contribution in [1.82, 2.24) is 0 Å². The van der Waals surface area contributed by atoms with Crippen LogP contribution in [0.3, 0.4) is 0 Å². The van der Waals surface area contributed by atoms with Crippen LogP contribution in [0.4, 0.5) is 5.69 Å². The minimum absolute atomic E-state index is 0.0717. The van der Waals surface area contributed by atoms with Gasteiger partial charge >= 0.3 is 0 Å². The van der Waals surface area contributed by atoms with Crippen LogP contribution >= 0.6 is 15.9 Å². The Labute approximate surface area is 124 Å². The summed E-state index contributed by atoms with van der Waals surface area (Å²) in [6.45, 7) is 4.85. The molecule has 3 nitrogen and oxygen atoms in total. The molecule has 1 unspecified atom stereocenters. The number of ether oxygens (including phenoxy) is 1. The van der Waals surface area contributed by atoms with Gasteiger partial charge < -0.3 is 15.4 Å². The molecule has 1 aliphatic rings. The van der Waals surface area contributed by atoms with E-state index in [1.165, 1.54) is 18.5 Å². The summed E-state index contributed by atoms with van der Waals surface area (Å²) in [5.74, 6) is 0.638. The van der Waals surface area contributed by atoms with Gasteiger partial charge in [0, 0.05) is 30.7 Å². The molecule has 0 bridgehead atoms. The molecule has 0 radical (unpaired) electrons. The molecule has 1 saturated heterocycles. The minimum atomic E-state index is 0.0717. The average molecular weight is 327 g/mol. The fourth-order valence-corrected chi connectivity index (χ4v) is 3.25. The van der Waals surface area contributed by atoms with Gasteiger partial charge in [-0.3, -0.25) is 0 Å². The van der Waals surface area contributed by atoms with Crippen LogP contribution in [0, 0.1) is 5.92 Å². The molecule has 0 aromatic heterocycles. The molecule has 0 aliphatic carbocycles. The van der Waals surface area contributed by atoms with E-state index in [0.29, 0.717) is 5.92 Å². The Morgan fingerprint density at radius 2 is 2.32 bits per heavy atom. The Morgan fingerprint density at radius 3 is 2.89 bits per heavy atom. The van der Waals surface area contributed by atoms with Crippen molar-refractivity contribution in [3.8, 4) is 0 Å². The Balaban J connectivity index is 2.03. The molecule has 1 heterocycles. The highest BCUT2D eigenvalue weighted by molar-refractivity contribution is 9.10. The number of hydrogen-bond acceptors (Lipinski definition) is 3. The van der Waals surface area contributed by atoms with E-state index in [4.69, 9.17) is 10.5 Å². The summed E-state index contributed by atoms with van der Waals surface area (Å²) in [6, 6.07) is 6.45. The molecule has 0 amide bonds. The molecule has 19 heavy (non-hydrogen) atoms. The molecule has 1 aliphatic heterocycles. The van der Waals surface area contributed by atoms with Crippen LogP contribution in [0.5, 0.6) is 0 Å². The zero-order chi connectivity index (χ0) is 13.8. The predicted octanol–water partition coefficient (Wildman–Crippen LogP) is 3.33. The summed E-state index contributed by atoms with van der Waals surface area (Å²) < 4.78 is 6.66. The molecular weight excluding hydrogens is 304 g/mol. The maximum atomic E-state index is 5.91. The second kappa shape index (κ2) is 6.73. The summed E-state index contributed by atoms with van der Waals surface area (Å²) in [5, 5.41) is 0. The van der Waals surface area contributed by atoms with E-state index in [2.05, 4.69) is 46.1 Å². The lowest BCUT2D eigenvalue weighted by molar-refractivity contribution is 0.0576. The molecular formula is C15H23BrN2O. The lowest BCUT2D eigenvalue weighted by atomic mass is 10.0. The first-order valence-corrected chi connectivity index (χ1v) is 7.71. The summed E-state index contributed by atoms with van der Waals surface area (Å²) in [5.41, 5.74) is 8.28. The molecule has 1 fully saturated rings. The molecule has 4 heteroatoms. The second-order valence-electron chi connectivity index (χ2n) is 5.46. The second-order valence-corrected chi connectivity index (χ2v) is 6.32. The van der Waals surface area contributed by atoms with Crippen LogP contribution in [0.1, 0.15) is 31.4 Å². The van der Waals surface area contributed by atoms with Crippen molar-refractivity contribution >= 4 is 21.6 Å². The first kappa shape index (κ1) is 14.8. The summed E-state index contributed by atoms with van der Waals surface area (Å²) in [4.78, 5) is 2.30. The van der Waals surface area contributed by atoms with E-state index in [1.54, 1.807) is 0 Å². The Bertz CT molecular complexity index is 417. The lowest BCUT2D eigenvalue weighted by Crippen LogP contribution is -2.31. The van der Waals surface area contributed by atoms with Crippen LogP contribution in [0.25, 0.3) is 0 Å². The van der Waals surface area contributed by atoms with Crippen molar-refractivity contribution in [1.29, 1.82) is 0 Å². The Kier molecular flexibility index (Phi) is 5.25. The highest BCUT2D eigenvalue weighted by atomic mass is 79.9. The van der Waals surface area contributed by atoms with Gasteiger partial charge in [-0.1, -0.05) is 6.07 Å². The van der Waals surface area contributed by atoms with Gasteiger partial charge in [-0.15, -0.1) is 0 Å². The summed E-state index contributed by atoms with van der Waals surface area (Å²) in [7, 11) is 2.14. The zero-order valence-electron chi connectivity index (χ0n) is 11.7. The predicted molar refractivity (Wildman–Crippen MR) is 83.6 cm³/mol. The van der Waals surface area contributed by atoms with Crippen molar-refractivity contribution in [2.24, 2.45) is 11.7 Å². The van der Waals surface area contributed by atoms with Crippen LogP contribution < -0.4 is 10.6 Å². The fourth-order valence-electron chi connectivity index (χ4n) is 2.55. The van der Waals surface area contributed by atoms with Crippen LogP contribution in [-0.2, 0) is 4.74 Å². The highest BCUT2D eigenvalue weighted by Gasteiger charge is 2.17. The van der Waals surface area contributed by atoms with Gasteiger partial charge in [0.25, 0.3) is 0 Å². The largest absolute Gasteiger partial charge is 0.381 e. The van der Waals surface area contributed by atoms with E-state index in [9.17, 15) is 0 Å². The van der Waals surface area contributed by atoms with Crippen molar-refractivity contribution in [2.75, 3.05) is 31.7 Å². The molecule has 0 spiro atoms. The first-order valence-electron chi connectivity index (χ1n) is 6.92. The number of nitrogens with zero attached hydrogens (tertiary/aromatic N) is 1. The van der Waals surface area contributed by atoms with Crippen LogP contribution in [0.15, 0.2) is 22.7 Å². The number of anilines is 1. The maximum Gasteiger partial charge on any atom is 0.0511 e. The van der Waals surface area contributed by atoms with E-state index >= 15 is 0 Å². The highest BCUT2D eigenvalue weighted by Crippen LogP contribution is 2.29. The van der Waals surface area contributed by atoms with Crippen molar-refractivity contribution in [2.45, 2.75) is 25.8 Å². The minimum Gasteiger partial charge on any atom is -0.381 e. The van der Waals surface area contributed by atoms with E-state index in [0.717, 1.165) is 29.8 Å². The Hall–Kier alpha value is -0.580. The van der Waals surface area contributed by atoms with Crippen LogP contribution in [-0.4, -0.2) is 26.8 Å². The smallest absolute Gasteiger partial charge is 0.0511 e. The monoisotopic (exact) mass is 326 g/mol. The standard InChI is InChI=1S/C15H23BrN2O/c1-11(17)13-5-6-15(14(16)8-13)18(2)9-12-4-3-7-19-10-12/h5-6,8,11-12H,3-4,7,9-10,17H2,1-2H3/t11-,12?/m1/s1. The fraction of sp³-hybridized carbons (Fsp3) is 0.600.